The Hall–Kier alpha value is -3.47. The van der Waals surface area contributed by atoms with Gasteiger partial charge in [0.05, 0.1) is 5.69 Å². The van der Waals surface area contributed by atoms with Crippen LogP contribution in [-0.4, -0.2) is 20.6 Å². The summed E-state index contributed by atoms with van der Waals surface area (Å²) in [6.07, 6.45) is 0. The number of rotatable bonds is 3. The molecule has 4 aromatic rings. The van der Waals surface area contributed by atoms with Crippen LogP contribution < -0.4 is 5.01 Å². The molecule has 2 heterocycles. The number of carbonyl (C=O) groups is 1. The highest BCUT2D eigenvalue weighted by Gasteiger charge is 2.26. The van der Waals surface area contributed by atoms with E-state index in [1.165, 1.54) is 0 Å². The SMILES string of the molecule is CC(=O)N(c1c(C)cccc1C)n1c(-c2ccccc2C)nc2c(C)cc(C)nc21. The molecule has 5 heteroatoms. The molecule has 0 aliphatic heterocycles. The van der Waals surface area contributed by atoms with E-state index in [0.717, 1.165) is 44.7 Å². The van der Waals surface area contributed by atoms with Crippen LogP contribution in [0.25, 0.3) is 22.6 Å². The number of carbonyl (C=O) groups excluding carboxylic acids is 1. The number of para-hydroxylation sites is 1. The molecular weight excluding hydrogens is 372 g/mol. The minimum atomic E-state index is -0.0949. The first kappa shape index (κ1) is 19.8. The number of nitrogens with zero attached hydrogens (tertiary/aromatic N) is 4. The van der Waals surface area contributed by atoms with Gasteiger partial charge in [-0.05, 0) is 62.9 Å². The van der Waals surface area contributed by atoms with Crippen molar-refractivity contribution in [1.29, 1.82) is 0 Å². The number of imidazole rings is 1. The molecule has 0 fully saturated rings. The molecule has 5 nitrogen and oxygen atoms in total. The summed E-state index contributed by atoms with van der Waals surface area (Å²) >= 11 is 0. The molecule has 0 spiro atoms. The quantitative estimate of drug-likeness (QED) is 0.461. The van der Waals surface area contributed by atoms with Crippen molar-refractivity contribution < 1.29 is 4.79 Å². The lowest BCUT2D eigenvalue weighted by Gasteiger charge is -2.27. The molecule has 0 saturated carbocycles. The number of aromatic nitrogens is 3. The molecule has 0 atom stereocenters. The zero-order chi connectivity index (χ0) is 21.6. The highest BCUT2D eigenvalue weighted by atomic mass is 16.2. The Kier molecular flexibility index (Phi) is 4.90. The maximum Gasteiger partial charge on any atom is 0.243 e. The van der Waals surface area contributed by atoms with Crippen molar-refractivity contribution in [2.45, 2.75) is 41.5 Å². The van der Waals surface area contributed by atoms with Gasteiger partial charge in [-0.25, -0.2) is 19.7 Å². The molecule has 30 heavy (non-hydrogen) atoms. The summed E-state index contributed by atoms with van der Waals surface area (Å²) in [6, 6.07) is 16.2. The fraction of sp³-hybridized carbons (Fsp3) is 0.240. The summed E-state index contributed by atoms with van der Waals surface area (Å²) in [5.74, 6) is 0.615. The summed E-state index contributed by atoms with van der Waals surface area (Å²) in [5, 5.41) is 1.72. The number of pyridine rings is 1. The van der Waals surface area contributed by atoms with Gasteiger partial charge in [0, 0.05) is 18.2 Å². The monoisotopic (exact) mass is 398 g/mol. The first-order valence-corrected chi connectivity index (χ1v) is 10.1. The van der Waals surface area contributed by atoms with E-state index in [2.05, 4.69) is 13.0 Å². The van der Waals surface area contributed by atoms with Crippen molar-refractivity contribution in [1.82, 2.24) is 14.6 Å². The fourth-order valence-electron chi connectivity index (χ4n) is 4.08. The van der Waals surface area contributed by atoms with E-state index in [9.17, 15) is 4.79 Å². The lowest BCUT2D eigenvalue weighted by atomic mass is 10.1. The predicted molar refractivity (Wildman–Crippen MR) is 122 cm³/mol. The summed E-state index contributed by atoms with van der Waals surface area (Å²) in [6.45, 7) is 11.7. The number of fused-ring (bicyclic) bond motifs is 1. The average molecular weight is 399 g/mol. The maximum atomic E-state index is 13.1. The van der Waals surface area contributed by atoms with Crippen LogP contribution in [0.5, 0.6) is 0 Å². The van der Waals surface area contributed by atoms with E-state index >= 15 is 0 Å². The Bertz CT molecular complexity index is 1270. The maximum absolute atomic E-state index is 13.1. The lowest BCUT2D eigenvalue weighted by molar-refractivity contribution is -0.117. The average Bonchev–Trinajstić information content (AvgIpc) is 3.04. The number of anilines is 1. The Balaban J connectivity index is 2.16. The molecular formula is C25H26N4O. The highest BCUT2D eigenvalue weighted by molar-refractivity contribution is 5.96. The molecule has 0 aliphatic rings. The van der Waals surface area contributed by atoms with Gasteiger partial charge in [-0.2, -0.15) is 0 Å². The minimum Gasteiger partial charge on any atom is -0.273 e. The van der Waals surface area contributed by atoms with Gasteiger partial charge in [0.1, 0.15) is 5.52 Å². The highest BCUT2D eigenvalue weighted by Crippen LogP contribution is 2.33. The second kappa shape index (κ2) is 7.41. The van der Waals surface area contributed by atoms with Crippen molar-refractivity contribution in [3.63, 3.8) is 0 Å². The molecule has 0 radical (unpaired) electrons. The van der Waals surface area contributed by atoms with Gasteiger partial charge < -0.3 is 0 Å². The molecule has 4 rings (SSSR count). The third-order valence-corrected chi connectivity index (χ3v) is 5.45. The smallest absolute Gasteiger partial charge is 0.243 e. The van der Waals surface area contributed by atoms with Crippen LogP contribution in [0, 0.1) is 34.6 Å². The number of benzene rings is 2. The number of hydrogen-bond donors (Lipinski definition) is 0. The van der Waals surface area contributed by atoms with Gasteiger partial charge in [0.25, 0.3) is 0 Å². The van der Waals surface area contributed by atoms with Crippen LogP contribution in [0.1, 0.15) is 34.9 Å². The van der Waals surface area contributed by atoms with E-state index in [0.29, 0.717) is 11.5 Å². The molecule has 1 amide bonds. The molecule has 0 aliphatic carbocycles. The number of hydrogen-bond acceptors (Lipinski definition) is 3. The van der Waals surface area contributed by atoms with E-state index in [1.54, 1.807) is 11.9 Å². The standard InChI is InChI=1S/C25H26N4O/c1-15-10-7-8-13-21(15)24-27-22-18(4)14-19(5)26-25(22)29(24)28(20(6)30)23-16(2)11-9-12-17(23)3/h7-14H,1-6H3. The van der Waals surface area contributed by atoms with Crippen molar-refractivity contribution in [2.75, 3.05) is 5.01 Å². The summed E-state index contributed by atoms with van der Waals surface area (Å²) < 4.78 is 1.88. The van der Waals surface area contributed by atoms with Crippen molar-refractivity contribution in [3.8, 4) is 11.4 Å². The Labute approximate surface area is 177 Å². The molecule has 2 aromatic heterocycles. The van der Waals surface area contributed by atoms with E-state index in [1.807, 2.05) is 74.8 Å². The van der Waals surface area contributed by atoms with Crippen LogP contribution in [0.3, 0.4) is 0 Å². The summed E-state index contributed by atoms with van der Waals surface area (Å²) in [4.78, 5) is 22.9. The molecule has 0 saturated heterocycles. The van der Waals surface area contributed by atoms with Crippen LogP contribution in [0.2, 0.25) is 0 Å². The van der Waals surface area contributed by atoms with Crippen LogP contribution in [0.15, 0.2) is 48.5 Å². The van der Waals surface area contributed by atoms with Crippen LogP contribution in [0.4, 0.5) is 5.69 Å². The zero-order valence-electron chi connectivity index (χ0n) is 18.3. The third kappa shape index (κ3) is 3.16. The van der Waals surface area contributed by atoms with Crippen molar-refractivity contribution in [2.24, 2.45) is 0 Å². The second-order valence-electron chi connectivity index (χ2n) is 7.89. The van der Waals surface area contributed by atoms with Gasteiger partial charge in [0.15, 0.2) is 11.5 Å². The fourth-order valence-corrected chi connectivity index (χ4v) is 4.08. The van der Waals surface area contributed by atoms with E-state index in [-0.39, 0.29) is 5.91 Å². The van der Waals surface area contributed by atoms with Gasteiger partial charge >= 0.3 is 0 Å². The molecule has 0 N–H and O–H groups in total. The van der Waals surface area contributed by atoms with Crippen LogP contribution in [-0.2, 0) is 4.79 Å². The van der Waals surface area contributed by atoms with Crippen molar-refractivity contribution in [3.05, 3.63) is 76.5 Å². The second-order valence-corrected chi connectivity index (χ2v) is 7.89. The first-order valence-electron chi connectivity index (χ1n) is 10.1. The van der Waals surface area contributed by atoms with E-state index in [4.69, 9.17) is 9.97 Å². The molecule has 2 aromatic carbocycles. The molecule has 152 valence electrons. The van der Waals surface area contributed by atoms with E-state index < -0.39 is 0 Å². The van der Waals surface area contributed by atoms with Gasteiger partial charge in [-0.15, -0.1) is 0 Å². The summed E-state index contributed by atoms with van der Waals surface area (Å²) in [5.41, 5.74) is 8.39. The number of aryl methyl sites for hydroxylation is 5. The lowest BCUT2D eigenvalue weighted by Crippen LogP contribution is -2.36. The Morgan fingerprint density at radius 1 is 0.833 bits per heavy atom. The van der Waals surface area contributed by atoms with Gasteiger partial charge in [-0.3, -0.25) is 4.79 Å². The largest absolute Gasteiger partial charge is 0.273 e. The first-order chi connectivity index (χ1) is 14.3. The third-order valence-electron chi connectivity index (χ3n) is 5.45. The number of amides is 1. The zero-order valence-corrected chi connectivity index (χ0v) is 18.3. The molecule has 0 unspecified atom stereocenters. The Morgan fingerprint density at radius 3 is 2.10 bits per heavy atom. The summed E-state index contributed by atoms with van der Waals surface area (Å²) in [7, 11) is 0. The van der Waals surface area contributed by atoms with Gasteiger partial charge in [0.2, 0.25) is 5.91 Å². The predicted octanol–water partition coefficient (Wildman–Crippen LogP) is 5.46. The van der Waals surface area contributed by atoms with Crippen LogP contribution >= 0.6 is 0 Å². The topological polar surface area (TPSA) is 51.0 Å². The Morgan fingerprint density at radius 2 is 1.47 bits per heavy atom. The minimum absolute atomic E-state index is 0.0949. The molecule has 0 bridgehead atoms. The normalized spacial score (nSPS) is 11.1. The van der Waals surface area contributed by atoms with Crippen molar-refractivity contribution >= 4 is 22.8 Å². The van der Waals surface area contributed by atoms with Gasteiger partial charge in [-0.1, -0.05) is 42.5 Å².